The Hall–Kier alpha value is -2.42. The molecule has 1 aromatic heterocycles. The Kier molecular flexibility index (Phi) is 3.99. The molecule has 2 rings (SSSR count). The van der Waals surface area contributed by atoms with Crippen LogP contribution in [0.4, 0.5) is 5.69 Å². The van der Waals surface area contributed by atoms with Crippen molar-refractivity contribution in [2.24, 2.45) is 0 Å². The van der Waals surface area contributed by atoms with Gasteiger partial charge in [0.25, 0.3) is 0 Å². The molecule has 2 N–H and O–H groups in total. The van der Waals surface area contributed by atoms with E-state index >= 15 is 0 Å². The Labute approximate surface area is 118 Å². The molecule has 1 heterocycles. The number of aromatic nitrogens is 1. The van der Waals surface area contributed by atoms with Crippen LogP contribution in [-0.2, 0) is 6.42 Å². The zero-order chi connectivity index (χ0) is 14.7. The largest absolute Gasteiger partial charge is 0.397 e. The van der Waals surface area contributed by atoms with Gasteiger partial charge in [-0.25, -0.2) is 4.98 Å². The third-order valence-corrected chi connectivity index (χ3v) is 3.11. The van der Waals surface area contributed by atoms with Gasteiger partial charge in [0.15, 0.2) is 5.78 Å². The van der Waals surface area contributed by atoms with E-state index in [0.29, 0.717) is 17.7 Å². The van der Waals surface area contributed by atoms with Crippen molar-refractivity contribution in [1.29, 1.82) is 0 Å². The fourth-order valence-electron chi connectivity index (χ4n) is 2.04. The van der Waals surface area contributed by atoms with Crippen LogP contribution in [0.1, 0.15) is 29.9 Å². The van der Waals surface area contributed by atoms with Crippen LogP contribution in [0.3, 0.4) is 0 Å². The first kappa shape index (κ1) is 14.0. The van der Waals surface area contributed by atoms with Crippen LogP contribution in [0, 0.1) is 0 Å². The number of pyridine rings is 1. The van der Waals surface area contributed by atoms with Gasteiger partial charge < -0.3 is 5.73 Å². The van der Waals surface area contributed by atoms with Gasteiger partial charge in [-0.15, -0.1) is 0 Å². The van der Waals surface area contributed by atoms with Crippen LogP contribution in [0.5, 0.6) is 0 Å². The molecule has 102 valence electrons. The molecule has 2 aromatic rings. The Morgan fingerprint density at radius 1 is 1.40 bits per heavy atom. The summed E-state index contributed by atoms with van der Waals surface area (Å²) >= 11 is 0. The smallest absolute Gasteiger partial charge is 0.187 e. The van der Waals surface area contributed by atoms with Crippen LogP contribution >= 0.6 is 0 Å². The highest BCUT2D eigenvalue weighted by atomic mass is 16.1. The van der Waals surface area contributed by atoms with E-state index in [2.05, 4.69) is 11.6 Å². The topological polar surface area (TPSA) is 56.0 Å². The molecule has 0 atom stereocenters. The Morgan fingerprint density at radius 2 is 2.15 bits per heavy atom. The zero-order valence-electron chi connectivity index (χ0n) is 11.8. The summed E-state index contributed by atoms with van der Waals surface area (Å²) in [5, 5.41) is 0.871. The molecule has 0 amide bonds. The van der Waals surface area contributed by atoms with Gasteiger partial charge in [-0.05, 0) is 32.1 Å². The molecule has 0 aliphatic rings. The fraction of sp³-hybridized carbons (Fsp3) is 0.176. The van der Waals surface area contributed by atoms with Crippen molar-refractivity contribution >= 4 is 22.4 Å². The average molecular weight is 266 g/mol. The average Bonchev–Trinajstić information content (AvgIpc) is 2.44. The number of anilines is 1. The molecule has 1 aromatic carbocycles. The maximum Gasteiger partial charge on any atom is 0.187 e. The fourth-order valence-corrected chi connectivity index (χ4v) is 2.04. The molecule has 0 radical (unpaired) electrons. The third kappa shape index (κ3) is 2.77. The predicted molar refractivity (Wildman–Crippen MR) is 83.8 cm³/mol. The predicted octanol–water partition coefficient (Wildman–Crippen LogP) is 3.69. The maximum atomic E-state index is 12.0. The second-order valence-corrected chi connectivity index (χ2v) is 4.96. The third-order valence-electron chi connectivity index (χ3n) is 3.11. The molecule has 0 saturated heterocycles. The van der Waals surface area contributed by atoms with Crippen molar-refractivity contribution in [3.05, 3.63) is 59.8 Å². The second kappa shape index (κ2) is 5.70. The summed E-state index contributed by atoms with van der Waals surface area (Å²) in [6.07, 6.45) is 3.98. The van der Waals surface area contributed by atoms with Gasteiger partial charge in [0, 0.05) is 17.4 Å². The number of para-hydroxylation sites is 1. The normalized spacial score (nSPS) is 10.3. The van der Waals surface area contributed by atoms with Gasteiger partial charge in [-0.2, -0.15) is 0 Å². The number of benzene rings is 1. The van der Waals surface area contributed by atoms with Gasteiger partial charge in [0.1, 0.15) is 0 Å². The molecule has 0 saturated carbocycles. The number of hydrogen-bond donors (Lipinski definition) is 1. The van der Waals surface area contributed by atoms with Crippen molar-refractivity contribution in [2.75, 3.05) is 5.73 Å². The van der Waals surface area contributed by atoms with E-state index in [-0.39, 0.29) is 5.78 Å². The summed E-state index contributed by atoms with van der Waals surface area (Å²) < 4.78 is 0. The minimum absolute atomic E-state index is 0.112. The molecular weight excluding hydrogens is 248 g/mol. The number of allylic oxidation sites excluding steroid dienone is 3. The molecule has 0 aliphatic heterocycles. The lowest BCUT2D eigenvalue weighted by atomic mass is 10.0. The number of nitrogens with two attached hydrogens (primary N) is 1. The standard InChI is InChI=1S/C17H18N2O/c1-4-16(20)13-10-12-6-5-7-14(18)17(12)19-15(13)9-8-11(2)3/h4-8,10H,1,9,18H2,2-3H3. The van der Waals surface area contributed by atoms with E-state index in [1.165, 1.54) is 11.6 Å². The van der Waals surface area contributed by atoms with E-state index < -0.39 is 0 Å². The Bertz CT molecular complexity index is 710. The maximum absolute atomic E-state index is 12.0. The van der Waals surface area contributed by atoms with Crippen LogP contribution in [0.2, 0.25) is 0 Å². The highest BCUT2D eigenvalue weighted by Crippen LogP contribution is 2.23. The van der Waals surface area contributed by atoms with E-state index in [9.17, 15) is 4.79 Å². The SMILES string of the molecule is C=CC(=O)c1cc2cccc(N)c2nc1CC=C(C)C. The molecule has 0 fully saturated rings. The lowest BCUT2D eigenvalue weighted by Crippen LogP contribution is -2.04. The first-order chi connectivity index (χ1) is 9.52. The van der Waals surface area contributed by atoms with Gasteiger partial charge >= 0.3 is 0 Å². The van der Waals surface area contributed by atoms with Gasteiger partial charge in [0.05, 0.1) is 16.9 Å². The molecular formula is C17H18N2O. The summed E-state index contributed by atoms with van der Waals surface area (Å²) in [6.45, 7) is 7.59. The van der Waals surface area contributed by atoms with Crippen molar-refractivity contribution < 1.29 is 4.79 Å². The lowest BCUT2D eigenvalue weighted by Gasteiger charge is -2.09. The molecule has 0 unspecified atom stereocenters. The Balaban J connectivity index is 2.67. The van der Waals surface area contributed by atoms with Crippen molar-refractivity contribution in [3.63, 3.8) is 0 Å². The van der Waals surface area contributed by atoms with Gasteiger partial charge in [-0.3, -0.25) is 4.79 Å². The van der Waals surface area contributed by atoms with E-state index in [0.717, 1.165) is 16.6 Å². The van der Waals surface area contributed by atoms with E-state index in [1.54, 1.807) is 0 Å². The summed E-state index contributed by atoms with van der Waals surface area (Å²) in [7, 11) is 0. The van der Waals surface area contributed by atoms with Crippen molar-refractivity contribution in [2.45, 2.75) is 20.3 Å². The number of rotatable bonds is 4. The van der Waals surface area contributed by atoms with Gasteiger partial charge in [-0.1, -0.05) is 30.4 Å². The number of nitrogens with zero attached hydrogens (tertiary/aromatic N) is 1. The van der Waals surface area contributed by atoms with Crippen molar-refractivity contribution in [3.8, 4) is 0 Å². The molecule has 0 aliphatic carbocycles. The molecule has 3 heteroatoms. The molecule has 0 spiro atoms. The number of ketones is 1. The number of hydrogen-bond acceptors (Lipinski definition) is 3. The number of fused-ring (bicyclic) bond motifs is 1. The van der Waals surface area contributed by atoms with E-state index in [1.807, 2.05) is 44.2 Å². The Morgan fingerprint density at radius 3 is 2.80 bits per heavy atom. The highest BCUT2D eigenvalue weighted by molar-refractivity contribution is 6.07. The van der Waals surface area contributed by atoms with Crippen LogP contribution in [0.15, 0.2) is 48.6 Å². The summed E-state index contributed by atoms with van der Waals surface area (Å²) in [5.74, 6) is -0.112. The van der Waals surface area contributed by atoms with Crippen LogP contribution in [-0.4, -0.2) is 10.8 Å². The van der Waals surface area contributed by atoms with E-state index in [4.69, 9.17) is 5.73 Å². The molecule has 0 bridgehead atoms. The second-order valence-electron chi connectivity index (χ2n) is 4.96. The summed E-state index contributed by atoms with van der Waals surface area (Å²) in [5.41, 5.74) is 9.84. The van der Waals surface area contributed by atoms with Crippen LogP contribution < -0.4 is 5.73 Å². The zero-order valence-corrected chi connectivity index (χ0v) is 11.8. The molecule has 3 nitrogen and oxygen atoms in total. The lowest BCUT2D eigenvalue weighted by molar-refractivity contribution is 0.104. The molecule has 20 heavy (non-hydrogen) atoms. The number of nitrogen functional groups attached to an aromatic ring is 1. The quantitative estimate of drug-likeness (QED) is 0.397. The number of carbonyl (C=O) groups excluding carboxylic acids is 1. The number of carbonyl (C=O) groups is 1. The monoisotopic (exact) mass is 266 g/mol. The van der Waals surface area contributed by atoms with Crippen molar-refractivity contribution in [1.82, 2.24) is 4.98 Å². The highest BCUT2D eigenvalue weighted by Gasteiger charge is 2.12. The first-order valence-corrected chi connectivity index (χ1v) is 6.51. The summed E-state index contributed by atoms with van der Waals surface area (Å²) in [6, 6.07) is 7.42. The van der Waals surface area contributed by atoms with Gasteiger partial charge in [0.2, 0.25) is 0 Å². The first-order valence-electron chi connectivity index (χ1n) is 6.51. The minimum atomic E-state index is -0.112. The van der Waals surface area contributed by atoms with Crippen LogP contribution in [0.25, 0.3) is 10.9 Å². The minimum Gasteiger partial charge on any atom is -0.397 e. The summed E-state index contributed by atoms with van der Waals surface area (Å²) in [4.78, 5) is 16.6.